The highest BCUT2D eigenvalue weighted by molar-refractivity contribution is 6.34. The molecule has 0 aromatic heterocycles. The number of hydrazone groups is 1. The first-order valence-corrected chi connectivity index (χ1v) is 14.2. The maximum atomic E-state index is 14.0. The number of carbonyl (C=O) groups excluding carboxylic acids is 2. The maximum Gasteiger partial charge on any atom is 0.318 e. The highest BCUT2D eigenvalue weighted by Crippen LogP contribution is 2.40. The zero-order valence-corrected chi connectivity index (χ0v) is 25.2. The van der Waals surface area contributed by atoms with Crippen molar-refractivity contribution in [2.75, 3.05) is 60.2 Å². The van der Waals surface area contributed by atoms with Gasteiger partial charge in [0.1, 0.15) is 18.0 Å². The number of hydrogen-bond donors (Lipinski definition) is 1. The number of methoxy groups -OCH3 is 2. The first-order valence-electron chi connectivity index (χ1n) is 13.8. The van der Waals surface area contributed by atoms with Crippen molar-refractivity contribution in [2.45, 2.75) is 38.8 Å². The summed E-state index contributed by atoms with van der Waals surface area (Å²) in [5.41, 5.74) is 1.73. The number of nitrogens with one attached hydrogen (secondary N) is 1. The summed E-state index contributed by atoms with van der Waals surface area (Å²) in [6.45, 7) is 9.51. The van der Waals surface area contributed by atoms with Gasteiger partial charge >= 0.3 is 6.03 Å². The van der Waals surface area contributed by atoms with Gasteiger partial charge in [-0.1, -0.05) is 29.8 Å². The summed E-state index contributed by atoms with van der Waals surface area (Å²) in [4.78, 5) is 31.2. The summed E-state index contributed by atoms with van der Waals surface area (Å²) >= 11 is 6.53. The van der Waals surface area contributed by atoms with Gasteiger partial charge in [0.05, 0.1) is 39.2 Å². The van der Waals surface area contributed by atoms with Crippen LogP contribution in [0.3, 0.4) is 0 Å². The van der Waals surface area contributed by atoms with Crippen molar-refractivity contribution in [1.29, 1.82) is 0 Å². The molecule has 41 heavy (non-hydrogen) atoms. The summed E-state index contributed by atoms with van der Waals surface area (Å²) in [7, 11) is 3.18. The lowest BCUT2D eigenvalue weighted by molar-refractivity contribution is -0.133. The Balaban J connectivity index is 1.65. The number of nitrogens with zero attached hydrogens (tertiary/aromatic N) is 4. The van der Waals surface area contributed by atoms with Gasteiger partial charge in [-0.2, -0.15) is 5.10 Å². The van der Waals surface area contributed by atoms with E-state index in [1.54, 1.807) is 25.2 Å². The van der Waals surface area contributed by atoms with Gasteiger partial charge in [0, 0.05) is 54.3 Å². The van der Waals surface area contributed by atoms with Gasteiger partial charge in [-0.15, -0.1) is 0 Å². The maximum absolute atomic E-state index is 14.0. The van der Waals surface area contributed by atoms with Crippen molar-refractivity contribution in [1.82, 2.24) is 20.1 Å². The Bertz CT molecular complexity index is 1260. The lowest BCUT2D eigenvalue weighted by Gasteiger charge is -2.33. The van der Waals surface area contributed by atoms with E-state index in [0.29, 0.717) is 55.0 Å². The molecule has 1 fully saturated rings. The van der Waals surface area contributed by atoms with Crippen molar-refractivity contribution < 1.29 is 23.8 Å². The van der Waals surface area contributed by atoms with Gasteiger partial charge in [-0.25, -0.2) is 9.80 Å². The van der Waals surface area contributed by atoms with Crippen LogP contribution >= 0.6 is 11.6 Å². The van der Waals surface area contributed by atoms with Crippen LogP contribution in [0.5, 0.6) is 11.5 Å². The number of morpholine rings is 1. The molecule has 3 amide bonds. The predicted octanol–water partition coefficient (Wildman–Crippen LogP) is 4.18. The van der Waals surface area contributed by atoms with E-state index in [-0.39, 0.29) is 18.5 Å². The molecular weight excluding hydrogens is 546 g/mol. The van der Waals surface area contributed by atoms with Crippen LogP contribution in [-0.4, -0.2) is 98.2 Å². The Hall–Kier alpha value is -3.34. The molecule has 0 saturated carbocycles. The second kappa shape index (κ2) is 13.5. The second-order valence-corrected chi connectivity index (χ2v) is 11.6. The van der Waals surface area contributed by atoms with Gasteiger partial charge in [-0.05, 0) is 45.0 Å². The van der Waals surface area contributed by atoms with Gasteiger partial charge in [0.25, 0.3) is 5.91 Å². The highest BCUT2D eigenvalue weighted by atomic mass is 35.5. The third kappa shape index (κ3) is 7.90. The lowest BCUT2D eigenvalue weighted by atomic mass is 9.97. The van der Waals surface area contributed by atoms with Crippen LogP contribution < -0.4 is 14.8 Å². The van der Waals surface area contributed by atoms with E-state index in [4.69, 9.17) is 30.9 Å². The average Bonchev–Trinajstić information content (AvgIpc) is 3.40. The van der Waals surface area contributed by atoms with Crippen LogP contribution in [0.15, 0.2) is 47.6 Å². The van der Waals surface area contributed by atoms with E-state index in [9.17, 15) is 9.59 Å². The zero-order chi connectivity index (χ0) is 29.6. The molecule has 4 rings (SSSR count). The number of amides is 3. The predicted molar refractivity (Wildman–Crippen MR) is 159 cm³/mol. The van der Waals surface area contributed by atoms with E-state index in [1.807, 2.05) is 57.2 Å². The minimum Gasteiger partial charge on any atom is -0.497 e. The van der Waals surface area contributed by atoms with Gasteiger partial charge in [-0.3, -0.25) is 9.69 Å². The number of carbonyl (C=O) groups is 2. The Morgan fingerprint density at radius 1 is 1.12 bits per heavy atom. The molecule has 0 spiro atoms. The summed E-state index contributed by atoms with van der Waals surface area (Å²) in [6.07, 6.45) is 0.418. The zero-order valence-electron chi connectivity index (χ0n) is 24.5. The fraction of sp³-hybridized carbons (Fsp3) is 0.500. The molecule has 1 saturated heterocycles. The van der Waals surface area contributed by atoms with E-state index < -0.39 is 11.6 Å². The van der Waals surface area contributed by atoms with Crippen molar-refractivity contribution in [3.8, 4) is 11.5 Å². The SMILES string of the molecule is COc1ccc(OC)c([C@@H]2CC(c3ccccc3Cl)=NN2C(=O)CN(CCN2CCOCC2)C(=O)NC(C)(C)C)c1. The monoisotopic (exact) mass is 585 g/mol. The van der Waals surface area contributed by atoms with E-state index in [1.165, 1.54) is 5.01 Å². The third-order valence-electron chi connectivity index (χ3n) is 7.03. The minimum atomic E-state index is -0.481. The number of ether oxygens (including phenoxy) is 3. The molecule has 0 unspecified atom stereocenters. The molecule has 2 aromatic rings. The third-order valence-corrected chi connectivity index (χ3v) is 7.36. The Kier molecular flexibility index (Phi) is 10.1. The minimum absolute atomic E-state index is 0.145. The molecule has 2 aliphatic heterocycles. The van der Waals surface area contributed by atoms with Crippen molar-refractivity contribution in [3.05, 3.63) is 58.6 Å². The quantitative estimate of drug-likeness (QED) is 0.474. The number of urea groups is 1. The van der Waals surface area contributed by atoms with Crippen LogP contribution in [0.4, 0.5) is 4.79 Å². The molecular formula is C30H40ClN5O5. The van der Waals surface area contributed by atoms with E-state index in [2.05, 4.69) is 10.2 Å². The highest BCUT2D eigenvalue weighted by Gasteiger charge is 2.37. The molecule has 0 bridgehead atoms. The molecule has 2 aliphatic rings. The summed E-state index contributed by atoms with van der Waals surface area (Å²) in [5, 5.41) is 9.79. The Morgan fingerprint density at radius 2 is 1.85 bits per heavy atom. The number of halogens is 1. The Morgan fingerprint density at radius 3 is 2.51 bits per heavy atom. The normalized spacial score (nSPS) is 17.7. The lowest BCUT2D eigenvalue weighted by Crippen LogP contribution is -2.53. The molecule has 0 aliphatic carbocycles. The van der Waals surface area contributed by atoms with Crippen molar-refractivity contribution in [2.24, 2.45) is 5.10 Å². The van der Waals surface area contributed by atoms with E-state index >= 15 is 0 Å². The Labute approximate surface area is 247 Å². The van der Waals surface area contributed by atoms with Crippen LogP contribution in [0.2, 0.25) is 5.02 Å². The molecule has 11 heteroatoms. The molecule has 222 valence electrons. The average molecular weight is 586 g/mol. The van der Waals surface area contributed by atoms with Gasteiger partial charge in [0.2, 0.25) is 0 Å². The molecule has 0 radical (unpaired) electrons. The summed E-state index contributed by atoms with van der Waals surface area (Å²) in [5.74, 6) is 0.933. The number of hydrogen-bond acceptors (Lipinski definition) is 7. The fourth-order valence-electron chi connectivity index (χ4n) is 4.92. The first-order chi connectivity index (χ1) is 19.6. The number of rotatable bonds is 9. The van der Waals surface area contributed by atoms with Crippen molar-refractivity contribution >= 4 is 29.3 Å². The van der Waals surface area contributed by atoms with Gasteiger partial charge < -0.3 is 24.4 Å². The summed E-state index contributed by atoms with van der Waals surface area (Å²) < 4.78 is 16.6. The van der Waals surface area contributed by atoms with E-state index in [0.717, 1.165) is 24.2 Å². The molecule has 1 N–H and O–H groups in total. The molecule has 1 atom stereocenters. The van der Waals surface area contributed by atoms with Crippen LogP contribution in [0, 0.1) is 0 Å². The molecule has 2 aromatic carbocycles. The molecule has 10 nitrogen and oxygen atoms in total. The smallest absolute Gasteiger partial charge is 0.318 e. The number of benzene rings is 2. The standard InChI is InChI=1S/C30H40ClN5O5/c1-30(2,3)32-29(38)35(13-12-34-14-16-41-17-15-34)20-28(37)36-26(23-18-21(39-4)10-11-27(23)40-5)19-25(33-36)22-8-6-7-9-24(22)31/h6-11,18,26H,12-17,19-20H2,1-5H3,(H,32,38)/t26-/m0/s1. The van der Waals surface area contributed by atoms with Gasteiger partial charge in [0.15, 0.2) is 0 Å². The topological polar surface area (TPSA) is 95.9 Å². The first kappa shape index (κ1) is 30.6. The van der Waals surface area contributed by atoms with Crippen LogP contribution in [0.1, 0.15) is 44.4 Å². The fourth-order valence-corrected chi connectivity index (χ4v) is 5.16. The van der Waals surface area contributed by atoms with Crippen LogP contribution in [0.25, 0.3) is 0 Å². The summed E-state index contributed by atoms with van der Waals surface area (Å²) in [6, 6.07) is 12.1. The largest absolute Gasteiger partial charge is 0.497 e. The molecule has 2 heterocycles. The van der Waals surface area contributed by atoms with Crippen molar-refractivity contribution in [3.63, 3.8) is 0 Å². The van der Waals surface area contributed by atoms with Crippen LogP contribution in [-0.2, 0) is 9.53 Å². The second-order valence-electron chi connectivity index (χ2n) is 11.1.